The molecule has 0 bridgehead atoms. The van der Waals surface area contributed by atoms with Crippen molar-refractivity contribution in [1.29, 1.82) is 0 Å². The molecule has 12 N–H and O–H groups in total. The van der Waals surface area contributed by atoms with Gasteiger partial charge in [0.05, 0.1) is 6.04 Å². The van der Waals surface area contributed by atoms with Gasteiger partial charge in [-0.1, -0.05) is 0 Å². The van der Waals surface area contributed by atoms with Crippen molar-refractivity contribution in [3.05, 3.63) is 0 Å². The van der Waals surface area contributed by atoms with E-state index in [2.05, 4.69) is 25.9 Å². The maximum atomic E-state index is 13.5. The molecule has 2 fully saturated rings. The molecule has 0 saturated carbocycles. The summed E-state index contributed by atoms with van der Waals surface area (Å²) in [6.07, 6.45) is 3.69. The molecule has 4 unspecified atom stereocenters. The molecule has 0 aliphatic carbocycles. The number of likely N-dealkylation sites (tertiary alicyclic amines) is 1. The summed E-state index contributed by atoms with van der Waals surface area (Å²) in [6.45, 7) is 1.56. The van der Waals surface area contributed by atoms with Gasteiger partial charge >= 0.3 is 5.97 Å². The van der Waals surface area contributed by atoms with Crippen LogP contribution in [0.25, 0.3) is 0 Å². The number of carbonyl (C=O) groups excluding carboxylic acids is 3. The van der Waals surface area contributed by atoms with Crippen LogP contribution in [0.2, 0.25) is 0 Å². The Kier molecular flexibility index (Phi) is 11.9. The number of aliphatic imine (C=N–C) groups is 2. The van der Waals surface area contributed by atoms with Crippen LogP contribution in [0.4, 0.5) is 0 Å². The quantitative estimate of drug-likeness (QED) is 0.0644. The van der Waals surface area contributed by atoms with Crippen molar-refractivity contribution in [2.45, 2.75) is 75.5 Å². The van der Waals surface area contributed by atoms with Crippen molar-refractivity contribution < 1.29 is 24.3 Å². The van der Waals surface area contributed by atoms with Gasteiger partial charge in [0.1, 0.15) is 18.1 Å². The highest BCUT2D eigenvalue weighted by molar-refractivity contribution is 5.94. The van der Waals surface area contributed by atoms with E-state index < -0.39 is 35.9 Å². The van der Waals surface area contributed by atoms with E-state index in [0.29, 0.717) is 38.6 Å². The first kappa shape index (κ1) is 29.6. The first-order chi connectivity index (χ1) is 17.6. The number of guanidine groups is 2. The highest BCUT2D eigenvalue weighted by atomic mass is 16.4. The smallest absolute Gasteiger partial charge is 0.326 e. The van der Waals surface area contributed by atoms with Gasteiger partial charge in [-0.2, -0.15) is 0 Å². The van der Waals surface area contributed by atoms with Gasteiger partial charge in [0.2, 0.25) is 17.7 Å². The number of amides is 3. The van der Waals surface area contributed by atoms with E-state index in [1.807, 2.05) is 0 Å². The summed E-state index contributed by atoms with van der Waals surface area (Å²) < 4.78 is 0. The van der Waals surface area contributed by atoms with Crippen molar-refractivity contribution in [1.82, 2.24) is 20.9 Å². The Bertz CT molecular complexity index is 866. The molecule has 3 amide bonds. The van der Waals surface area contributed by atoms with Gasteiger partial charge in [-0.15, -0.1) is 0 Å². The average molecular weight is 525 g/mol. The van der Waals surface area contributed by atoms with Gasteiger partial charge in [-0.25, -0.2) is 4.79 Å². The number of hydrogen-bond acceptors (Lipinski definition) is 7. The molecule has 2 aliphatic heterocycles. The highest BCUT2D eigenvalue weighted by Crippen LogP contribution is 2.20. The fraction of sp³-hybridized carbons (Fsp3) is 0.727. The van der Waals surface area contributed by atoms with E-state index in [0.717, 1.165) is 13.0 Å². The number of carboxylic acids is 1. The predicted octanol–water partition coefficient (Wildman–Crippen LogP) is -3.11. The summed E-state index contributed by atoms with van der Waals surface area (Å²) in [5.41, 5.74) is 21.3. The lowest BCUT2D eigenvalue weighted by Crippen LogP contribution is -2.56. The minimum Gasteiger partial charge on any atom is -0.480 e. The van der Waals surface area contributed by atoms with Crippen LogP contribution in [0.3, 0.4) is 0 Å². The molecule has 37 heavy (non-hydrogen) atoms. The topological polar surface area (TPSA) is 257 Å². The van der Waals surface area contributed by atoms with Gasteiger partial charge in [0.25, 0.3) is 0 Å². The van der Waals surface area contributed by atoms with Crippen molar-refractivity contribution in [2.75, 3.05) is 26.2 Å². The third kappa shape index (κ3) is 9.74. The second-order valence-electron chi connectivity index (χ2n) is 9.20. The van der Waals surface area contributed by atoms with Crippen LogP contribution in [0.5, 0.6) is 0 Å². The molecule has 2 aliphatic rings. The second-order valence-corrected chi connectivity index (χ2v) is 9.20. The number of hydrogen-bond donors (Lipinski definition) is 8. The fourth-order valence-electron chi connectivity index (χ4n) is 4.47. The Balaban J connectivity index is 2.06. The van der Waals surface area contributed by atoms with Crippen LogP contribution < -0.4 is 38.9 Å². The Labute approximate surface area is 215 Å². The van der Waals surface area contributed by atoms with Crippen LogP contribution in [-0.2, 0) is 19.2 Å². The summed E-state index contributed by atoms with van der Waals surface area (Å²) in [4.78, 5) is 60.1. The van der Waals surface area contributed by atoms with Crippen molar-refractivity contribution in [3.63, 3.8) is 0 Å². The number of aliphatic carboxylic acids is 1. The van der Waals surface area contributed by atoms with Crippen LogP contribution in [0.15, 0.2) is 9.98 Å². The van der Waals surface area contributed by atoms with Crippen LogP contribution in [0, 0.1) is 0 Å². The Morgan fingerprint density at radius 2 is 1.49 bits per heavy atom. The fourth-order valence-corrected chi connectivity index (χ4v) is 4.47. The first-order valence-corrected chi connectivity index (χ1v) is 12.6. The van der Waals surface area contributed by atoms with Crippen LogP contribution in [-0.4, -0.2) is 96.0 Å². The molecule has 2 saturated heterocycles. The van der Waals surface area contributed by atoms with Gasteiger partial charge in [0, 0.05) is 19.6 Å². The van der Waals surface area contributed by atoms with E-state index in [-0.39, 0.29) is 49.8 Å². The van der Waals surface area contributed by atoms with E-state index in [9.17, 15) is 24.3 Å². The predicted molar refractivity (Wildman–Crippen MR) is 137 cm³/mol. The van der Waals surface area contributed by atoms with E-state index in [1.54, 1.807) is 0 Å². The maximum Gasteiger partial charge on any atom is 0.326 e. The van der Waals surface area contributed by atoms with Crippen molar-refractivity contribution in [3.8, 4) is 0 Å². The molecule has 208 valence electrons. The third-order valence-electron chi connectivity index (χ3n) is 6.34. The molecule has 0 spiro atoms. The first-order valence-electron chi connectivity index (χ1n) is 12.6. The van der Waals surface area contributed by atoms with Gasteiger partial charge < -0.3 is 48.9 Å². The van der Waals surface area contributed by atoms with Gasteiger partial charge in [-0.05, 0) is 57.9 Å². The second kappa shape index (κ2) is 14.8. The molecule has 0 aromatic rings. The van der Waals surface area contributed by atoms with Gasteiger partial charge in [0.15, 0.2) is 11.9 Å². The standard InChI is InChI=1S/C22H40N10O5/c23-21(24)28-10-2-6-14(30-17(33)13-5-1-9-27-13)19(35)32-12-4-8-16(32)18(34)31-15(20(36)37)7-3-11-29-22(25)26/h13-16,27H,1-12H2,(H,30,33)(H,31,34)(H,36,37)(H4,23,24,28)(H4,25,26,29). The number of rotatable bonds is 14. The number of nitrogens with zero attached hydrogens (tertiary/aromatic N) is 3. The minimum absolute atomic E-state index is 0.0652. The van der Waals surface area contributed by atoms with Crippen molar-refractivity contribution >= 4 is 35.6 Å². The Morgan fingerprint density at radius 3 is 2.03 bits per heavy atom. The highest BCUT2D eigenvalue weighted by Gasteiger charge is 2.39. The molecule has 2 rings (SSSR count). The molecule has 15 nitrogen and oxygen atoms in total. The summed E-state index contributed by atoms with van der Waals surface area (Å²) >= 11 is 0. The zero-order valence-corrected chi connectivity index (χ0v) is 21.0. The van der Waals surface area contributed by atoms with E-state index >= 15 is 0 Å². The SMILES string of the molecule is NC(N)=NCCCC(NC(=O)C1CCCN1C(=O)C(CCCN=C(N)N)NC(=O)C1CCCN1)C(=O)O. The Hall–Kier alpha value is -3.62. The molecular weight excluding hydrogens is 484 g/mol. The monoisotopic (exact) mass is 524 g/mol. The molecular formula is C22H40N10O5. The number of carbonyl (C=O) groups is 4. The summed E-state index contributed by atoms with van der Waals surface area (Å²) in [7, 11) is 0. The zero-order valence-electron chi connectivity index (χ0n) is 21.0. The summed E-state index contributed by atoms with van der Waals surface area (Å²) in [5, 5.41) is 18.0. The van der Waals surface area contributed by atoms with Gasteiger partial charge in [-0.3, -0.25) is 24.4 Å². The molecule has 2 heterocycles. The summed E-state index contributed by atoms with van der Waals surface area (Å²) in [5.74, 6) is -2.58. The van der Waals surface area contributed by atoms with E-state index in [4.69, 9.17) is 22.9 Å². The third-order valence-corrected chi connectivity index (χ3v) is 6.34. The zero-order chi connectivity index (χ0) is 27.4. The number of nitrogens with one attached hydrogen (secondary N) is 3. The number of nitrogens with two attached hydrogens (primary N) is 4. The van der Waals surface area contributed by atoms with Crippen LogP contribution >= 0.6 is 0 Å². The molecule has 15 heteroatoms. The molecule has 4 atom stereocenters. The van der Waals surface area contributed by atoms with E-state index in [1.165, 1.54) is 4.90 Å². The Morgan fingerprint density at radius 1 is 0.892 bits per heavy atom. The summed E-state index contributed by atoms with van der Waals surface area (Å²) in [6, 6.07) is -3.23. The van der Waals surface area contributed by atoms with Crippen molar-refractivity contribution in [2.24, 2.45) is 32.9 Å². The lowest BCUT2D eigenvalue weighted by atomic mass is 10.1. The minimum atomic E-state index is -1.19. The molecule has 0 aromatic heterocycles. The lowest BCUT2D eigenvalue weighted by Gasteiger charge is -2.30. The number of carboxylic acid groups (broad SMARTS) is 1. The molecule has 0 aromatic carbocycles. The normalized spacial score (nSPS) is 20.5. The molecule has 0 radical (unpaired) electrons. The maximum absolute atomic E-state index is 13.5. The lowest BCUT2D eigenvalue weighted by molar-refractivity contribution is -0.145. The largest absolute Gasteiger partial charge is 0.480 e. The average Bonchev–Trinajstić information content (AvgIpc) is 3.54. The van der Waals surface area contributed by atoms with Crippen LogP contribution in [0.1, 0.15) is 51.4 Å².